The lowest BCUT2D eigenvalue weighted by Gasteiger charge is -2.11. The van der Waals surface area contributed by atoms with Crippen LogP contribution in [0, 0.1) is 0 Å². The molecule has 0 fully saturated rings. The van der Waals surface area contributed by atoms with E-state index in [1.165, 1.54) is 5.56 Å². The van der Waals surface area contributed by atoms with Crippen molar-refractivity contribution in [2.45, 2.75) is 26.3 Å². The Morgan fingerprint density at radius 2 is 1.88 bits per heavy atom. The van der Waals surface area contributed by atoms with Gasteiger partial charge in [0.2, 0.25) is 0 Å². The zero-order valence-electron chi connectivity index (χ0n) is 14.8. The number of aromatic nitrogens is 5. The minimum atomic E-state index is 0.302. The number of hydrogen-bond acceptors (Lipinski definition) is 5. The maximum absolute atomic E-state index is 4.67. The number of fused-ring (bicyclic) bond motifs is 1. The average molecular weight is 344 g/mol. The number of pyridine rings is 1. The summed E-state index contributed by atoms with van der Waals surface area (Å²) < 4.78 is 1.76. The van der Waals surface area contributed by atoms with Crippen LogP contribution in [0.5, 0.6) is 0 Å². The molecule has 6 heteroatoms. The summed E-state index contributed by atoms with van der Waals surface area (Å²) in [5.74, 6) is 2.39. The van der Waals surface area contributed by atoms with Crippen LogP contribution in [0.4, 0.5) is 5.82 Å². The molecule has 0 bridgehead atoms. The fraction of sp³-hybridized carbons (Fsp3) is 0.200. The molecule has 0 aliphatic heterocycles. The Balaban J connectivity index is 1.75. The van der Waals surface area contributed by atoms with Crippen molar-refractivity contribution in [3.05, 3.63) is 72.2 Å². The maximum Gasteiger partial charge on any atom is 0.254 e. The van der Waals surface area contributed by atoms with Gasteiger partial charge in [-0.25, -0.2) is 4.98 Å². The van der Waals surface area contributed by atoms with E-state index in [1.54, 1.807) is 16.9 Å². The monoisotopic (exact) mass is 344 g/mol. The number of nitrogens with one attached hydrogen (secondary N) is 1. The fourth-order valence-electron chi connectivity index (χ4n) is 2.71. The summed E-state index contributed by atoms with van der Waals surface area (Å²) in [5.41, 5.74) is 3.06. The molecule has 3 heterocycles. The highest BCUT2D eigenvalue weighted by atomic mass is 15.4. The van der Waals surface area contributed by atoms with Crippen molar-refractivity contribution in [1.29, 1.82) is 0 Å². The van der Waals surface area contributed by atoms with Crippen molar-refractivity contribution >= 4 is 11.6 Å². The summed E-state index contributed by atoms with van der Waals surface area (Å²) in [7, 11) is 0. The van der Waals surface area contributed by atoms with Crippen LogP contribution in [0.2, 0.25) is 0 Å². The van der Waals surface area contributed by atoms with E-state index in [9.17, 15) is 0 Å². The van der Waals surface area contributed by atoms with E-state index in [1.807, 2.05) is 36.4 Å². The highest BCUT2D eigenvalue weighted by Gasteiger charge is 2.14. The van der Waals surface area contributed by atoms with E-state index in [4.69, 9.17) is 0 Å². The average Bonchev–Trinajstić information content (AvgIpc) is 3.12. The van der Waals surface area contributed by atoms with Crippen molar-refractivity contribution in [3.8, 4) is 11.4 Å². The van der Waals surface area contributed by atoms with E-state index in [0.29, 0.717) is 24.1 Å². The van der Waals surface area contributed by atoms with Crippen molar-refractivity contribution in [1.82, 2.24) is 24.6 Å². The fourth-order valence-corrected chi connectivity index (χ4v) is 2.71. The summed E-state index contributed by atoms with van der Waals surface area (Å²) in [6, 6.07) is 16.1. The second-order valence-corrected chi connectivity index (χ2v) is 6.45. The Morgan fingerprint density at radius 3 is 2.62 bits per heavy atom. The first-order valence-corrected chi connectivity index (χ1v) is 8.66. The van der Waals surface area contributed by atoms with Crippen molar-refractivity contribution < 1.29 is 0 Å². The zero-order valence-corrected chi connectivity index (χ0v) is 14.8. The molecule has 26 heavy (non-hydrogen) atoms. The molecule has 4 aromatic rings. The first-order valence-electron chi connectivity index (χ1n) is 8.66. The summed E-state index contributed by atoms with van der Waals surface area (Å²) in [4.78, 5) is 13.4. The van der Waals surface area contributed by atoms with Crippen LogP contribution < -0.4 is 5.32 Å². The first kappa shape index (κ1) is 16.2. The van der Waals surface area contributed by atoms with Crippen LogP contribution in [-0.4, -0.2) is 24.6 Å². The third-order valence-electron chi connectivity index (χ3n) is 4.16. The molecular weight excluding hydrogens is 324 g/mol. The van der Waals surface area contributed by atoms with Crippen LogP contribution in [0.25, 0.3) is 17.2 Å². The van der Waals surface area contributed by atoms with E-state index < -0.39 is 0 Å². The van der Waals surface area contributed by atoms with Gasteiger partial charge in [0.05, 0.1) is 5.69 Å². The largest absolute Gasteiger partial charge is 0.366 e. The molecule has 4 rings (SSSR count). The lowest BCUT2D eigenvalue weighted by atomic mass is 10.1. The number of benzene rings is 1. The number of rotatable bonds is 5. The van der Waals surface area contributed by atoms with Gasteiger partial charge in [-0.3, -0.25) is 4.98 Å². The van der Waals surface area contributed by atoms with Gasteiger partial charge in [-0.1, -0.05) is 44.2 Å². The quantitative estimate of drug-likeness (QED) is 0.594. The molecule has 0 atom stereocenters. The minimum Gasteiger partial charge on any atom is -0.366 e. The molecule has 0 aliphatic rings. The third-order valence-corrected chi connectivity index (χ3v) is 4.16. The van der Waals surface area contributed by atoms with E-state index in [2.05, 4.69) is 51.3 Å². The Bertz CT molecular complexity index is 1010. The Hall–Kier alpha value is -3.28. The molecule has 0 radical (unpaired) electrons. The SMILES string of the molecule is CC(C)c1cc(NCc2ccccc2)n2nc(-c3cccnc3)nc2n1. The Labute approximate surface area is 152 Å². The number of nitrogens with zero attached hydrogens (tertiary/aromatic N) is 5. The summed E-state index contributed by atoms with van der Waals surface area (Å²) in [5, 5.41) is 8.11. The third kappa shape index (κ3) is 3.26. The standard InChI is InChI=1S/C20H20N6/c1-14(2)17-11-18(22-12-15-7-4-3-5-8-15)26-20(23-17)24-19(25-26)16-9-6-10-21-13-16/h3-11,13-14,22H,12H2,1-2H3. The van der Waals surface area contributed by atoms with Gasteiger partial charge in [-0.05, 0) is 23.6 Å². The van der Waals surface area contributed by atoms with Gasteiger partial charge >= 0.3 is 0 Å². The van der Waals surface area contributed by atoms with Gasteiger partial charge in [0, 0.05) is 30.6 Å². The second-order valence-electron chi connectivity index (χ2n) is 6.45. The van der Waals surface area contributed by atoms with Crippen molar-refractivity contribution in [2.24, 2.45) is 0 Å². The van der Waals surface area contributed by atoms with Crippen LogP contribution >= 0.6 is 0 Å². The molecular formula is C20H20N6. The molecule has 1 aromatic carbocycles. The van der Waals surface area contributed by atoms with Crippen molar-refractivity contribution in [2.75, 3.05) is 5.32 Å². The number of anilines is 1. The maximum atomic E-state index is 4.67. The summed E-state index contributed by atoms with van der Waals surface area (Å²) in [6.07, 6.45) is 3.50. The van der Waals surface area contributed by atoms with Crippen LogP contribution in [0.1, 0.15) is 31.0 Å². The lowest BCUT2D eigenvalue weighted by Crippen LogP contribution is -2.08. The molecule has 6 nitrogen and oxygen atoms in total. The molecule has 0 aliphatic carbocycles. The normalized spacial score (nSPS) is 11.2. The van der Waals surface area contributed by atoms with E-state index in [0.717, 1.165) is 17.1 Å². The smallest absolute Gasteiger partial charge is 0.254 e. The molecule has 0 saturated heterocycles. The Morgan fingerprint density at radius 1 is 1.04 bits per heavy atom. The predicted molar refractivity (Wildman–Crippen MR) is 102 cm³/mol. The van der Waals surface area contributed by atoms with Crippen LogP contribution in [0.15, 0.2) is 60.9 Å². The first-order chi connectivity index (χ1) is 12.7. The predicted octanol–water partition coefficient (Wildman–Crippen LogP) is 3.92. The lowest BCUT2D eigenvalue weighted by molar-refractivity contribution is 0.806. The van der Waals surface area contributed by atoms with Crippen molar-refractivity contribution in [3.63, 3.8) is 0 Å². The highest BCUT2D eigenvalue weighted by molar-refractivity contribution is 5.57. The number of hydrogen-bond donors (Lipinski definition) is 1. The second kappa shape index (κ2) is 6.92. The highest BCUT2D eigenvalue weighted by Crippen LogP contribution is 2.21. The van der Waals surface area contributed by atoms with Gasteiger partial charge in [0.25, 0.3) is 5.78 Å². The molecule has 0 spiro atoms. The zero-order chi connectivity index (χ0) is 17.9. The van der Waals surface area contributed by atoms with Gasteiger partial charge in [0.1, 0.15) is 5.82 Å². The molecule has 3 aromatic heterocycles. The molecule has 0 amide bonds. The van der Waals surface area contributed by atoms with Crippen LogP contribution in [0.3, 0.4) is 0 Å². The van der Waals surface area contributed by atoms with Crippen LogP contribution in [-0.2, 0) is 6.54 Å². The minimum absolute atomic E-state index is 0.302. The molecule has 130 valence electrons. The summed E-state index contributed by atoms with van der Waals surface area (Å²) in [6.45, 7) is 4.95. The van der Waals surface area contributed by atoms with Gasteiger partial charge in [-0.15, -0.1) is 5.10 Å². The van der Waals surface area contributed by atoms with E-state index >= 15 is 0 Å². The molecule has 0 unspecified atom stereocenters. The van der Waals surface area contributed by atoms with Gasteiger partial charge in [-0.2, -0.15) is 9.50 Å². The molecule has 0 saturated carbocycles. The summed E-state index contributed by atoms with van der Waals surface area (Å²) >= 11 is 0. The molecule has 1 N–H and O–H groups in total. The van der Waals surface area contributed by atoms with Gasteiger partial charge in [0.15, 0.2) is 5.82 Å². The Kier molecular flexibility index (Phi) is 4.31. The van der Waals surface area contributed by atoms with Gasteiger partial charge < -0.3 is 5.32 Å². The topological polar surface area (TPSA) is 68.0 Å². The van der Waals surface area contributed by atoms with E-state index in [-0.39, 0.29) is 0 Å².